The Morgan fingerprint density at radius 2 is 1.66 bits per heavy atom. The first kappa shape index (κ1) is 22.1. The molecule has 0 fully saturated rings. The summed E-state index contributed by atoms with van der Waals surface area (Å²) in [5.41, 5.74) is 2.27. The fourth-order valence-electron chi connectivity index (χ4n) is 3.36. The van der Waals surface area contributed by atoms with Crippen molar-refractivity contribution in [1.29, 1.82) is 0 Å². The van der Waals surface area contributed by atoms with Crippen LogP contribution in [0, 0.1) is 18.8 Å². The molecule has 8 nitrogen and oxygen atoms in total. The van der Waals surface area contributed by atoms with Crippen LogP contribution in [-0.2, 0) is 35.2 Å². The number of rotatable bonds is 6. The van der Waals surface area contributed by atoms with E-state index in [4.69, 9.17) is 18.9 Å². The molecule has 1 unspecified atom stereocenters. The van der Waals surface area contributed by atoms with Crippen molar-refractivity contribution in [3.05, 3.63) is 40.6 Å². The van der Waals surface area contributed by atoms with Crippen LogP contribution in [0.25, 0.3) is 0 Å². The Bertz CT molecular complexity index is 885. The van der Waals surface area contributed by atoms with Crippen LogP contribution in [0.5, 0.6) is 5.75 Å². The van der Waals surface area contributed by atoms with Crippen molar-refractivity contribution in [2.24, 2.45) is 16.8 Å². The standard InChI is InChI=1S/C21H25NO7/c1-11-7-8-15(26-4)14(9-11)10-29-21(25)18-16(19(23)27-5)12(2)22-13(3)17(18)20(24)28-6/h7-9,16,18H,10H2,1-6H3/t16?,18-/m1/s1. The van der Waals surface area contributed by atoms with E-state index in [2.05, 4.69) is 4.99 Å². The first-order chi connectivity index (χ1) is 13.7. The number of hydrogen-bond donors (Lipinski definition) is 0. The Hall–Kier alpha value is -3.16. The summed E-state index contributed by atoms with van der Waals surface area (Å²) in [5, 5.41) is 0. The Balaban J connectivity index is 2.39. The van der Waals surface area contributed by atoms with Gasteiger partial charge in [0.1, 0.15) is 24.2 Å². The van der Waals surface area contributed by atoms with Crippen LogP contribution in [0.4, 0.5) is 0 Å². The summed E-state index contributed by atoms with van der Waals surface area (Å²) in [5.74, 6) is -3.92. The average molecular weight is 403 g/mol. The van der Waals surface area contributed by atoms with Gasteiger partial charge in [0.15, 0.2) is 0 Å². The summed E-state index contributed by atoms with van der Waals surface area (Å²) < 4.78 is 20.4. The molecule has 29 heavy (non-hydrogen) atoms. The van der Waals surface area contributed by atoms with Crippen LogP contribution in [0.1, 0.15) is 25.0 Å². The van der Waals surface area contributed by atoms with E-state index >= 15 is 0 Å². The zero-order chi connectivity index (χ0) is 21.7. The second kappa shape index (κ2) is 9.36. The van der Waals surface area contributed by atoms with E-state index in [-0.39, 0.29) is 12.2 Å². The summed E-state index contributed by atoms with van der Waals surface area (Å²) in [6.45, 7) is 4.99. The third kappa shape index (κ3) is 4.64. The van der Waals surface area contributed by atoms with Gasteiger partial charge in [-0.1, -0.05) is 11.6 Å². The maximum atomic E-state index is 13.0. The van der Waals surface area contributed by atoms with Crippen LogP contribution in [0.3, 0.4) is 0 Å². The number of aliphatic imine (C=N–C) groups is 1. The molecule has 0 aromatic heterocycles. The SMILES string of the molecule is COC(=O)C1=C(C)N=C(C)C(C(=O)OC)[C@H]1C(=O)OCc1cc(C)ccc1OC. The number of allylic oxidation sites excluding steroid dienone is 1. The fraction of sp³-hybridized carbons (Fsp3) is 0.429. The molecular formula is C21H25NO7. The molecule has 2 rings (SSSR count). The van der Waals surface area contributed by atoms with Crippen molar-refractivity contribution < 1.29 is 33.3 Å². The lowest BCUT2D eigenvalue weighted by atomic mass is 9.80. The molecule has 0 saturated heterocycles. The van der Waals surface area contributed by atoms with Gasteiger partial charge in [0.2, 0.25) is 0 Å². The van der Waals surface area contributed by atoms with E-state index in [0.717, 1.165) is 5.56 Å². The molecule has 0 bridgehead atoms. The lowest BCUT2D eigenvalue weighted by Crippen LogP contribution is -2.42. The molecule has 0 aliphatic carbocycles. The summed E-state index contributed by atoms with van der Waals surface area (Å²) in [4.78, 5) is 42.0. The van der Waals surface area contributed by atoms with Gasteiger partial charge < -0.3 is 18.9 Å². The first-order valence-electron chi connectivity index (χ1n) is 8.97. The van der Waals surface area contributed by atoms with Gasteiger partial charge >= 0.3 is 17.9 Å². The Morgan fingerprint density at radius 3 is 2.24 bits per heavy atom. The predicted molar refractivity (Wildman–Crippen MR) is 104 cm³/mol. The highest BCUT2D eigenvalue weighted by atomic mass is 16.5. The van der Waals surface area contributed by atoms with E-state index < -0.39 is 29.7 Å². The molecule has 0 amide bonds. The second-order valence-corrected chi connectivity index (χ2v) is 6.65. The monoisotopic (exact) mass is 403 g/mol. The van der Waals surface area contributed by atoms with Crippen molar-refractivity contribution in [2.45, 2.75) is 27.4 Å². The van der Waals surface area contributed by atoms with Crippen molar-refractivity contribution in [1.82, 2.24) is 0 Å². The third-order valence-corrected chi connectivity index (χ3v) is 4.75. The topological polar surface area (TPSA) is 100 Å². The number of benzene rings is 1. The minimum Gasteiger partial charge on any atom is -0.496 e. The molecule has 1 aromatic carbocycles. The average Bonchev–Trinajstić information content (AvgIpc) is 2.70. The lowest BCUT2D eigenvalue weighted by Gasteiger charge is -2.29. The number of methoxy groups -OCH3 is 3. The highest BCUT2D eigenvalue weighted by Gasteiger charge is 2.46. The van der Waals surface area contributed by atoms with Crippen LogP contribution < -0.4 is 4.74 Å². The van der Waals surface area contributed by atoms with Crippen molar-refractivity contribution in [2.75, 3.05) is 21.3 Å². The number of aryl methyl sites for hydroxylation is 1. The summed E-state index contributed by atoms with van der Waals surface area (Å²) in [6.07, 6.45) is 0. The number of hydrogen-bond acceptors (Lipinski definition) is 8. The molecule has 1 aromatic rings. The molecule has 0 saturated carbocycles. The molecule has 0 radical (unpaired) electrons. The first-order valence-corrected chi connectivity index (χ1v) is 8.97. The van der Waals surface area contributed by atoms with Gasteiger partial charge in [-0.25, -0.2) is 4.79 Å². The summed E-state index contributed by atoms with van der Waals surface area (Å²) in [7, 11) is 3.92. The second-order valence-electron chi connectivity index (χ2n) is 6.65. The Kier molecular flexibility index (Phi) is 7.14. The fourth-order valence-corrected chi connectivity index (χ4v) is 3.36. The van der Waals surface area contributed by atoms with E-state index in [9.17, 15) is 14.4 Å². The number of esters is 3. The summed E-state index contributed by atoms with van der Waals surface area (Å²) in [6, 6.07) is 5.48. The van der Waals surface area contributed by atoms with E-state index in [0.29, 0.717) is 22.7 Å². The molecule has 1 aliphatic heterocycles. The minimum absolute atomic E-state index is 0.0188. The maximum Gasteiger partial charge on any atom is 0.336 e. The van der Waals surface area contributed by atoms with E-state index in [1.54, 1.807) is 19.9 Å². The Morgan fingerprint density at radius 1 is 0.966 bits per heavy atom. The quantitative estimate of drug-likeness (QED) is 0.531. The van der Waals surface area contributed by atoms with Crippen molar-refractivity contribution in [3.63, 3.8) is 0 Å². The molecular weight excluding hydrogens is 378 g/mol. The van der Waals surface area contributed by atoms with Crippen molar-refractivity contribution >= 4 is 23.6 Å². The molecule has 0 N–H and O–H groups in total. The number of nitrogens with zero attached hydrogens (tertiary/aromatic N) is 1. The van der Waals surface area contributed by atoms with E-state index in [1.165, 1.54) is 21.3 Å². The normalized spacial score (nSPS) is 18.6. The smallest absolute Gasteiger partial charge is 0.336 e. The molecule has 2 atom stereocenters. The largest absolute Gasteiger partial charge is 0.496 e. The van der Waals surface area contributed by atoms with Crippen LogP contribution >= 0.6 is 0 Å². The molecule has 156 valence electrons. The predicted octanol–water partition coefficient (Wildman–Crippen LogP) is 2.37. The van der Waals surface area contributed by atoms with E-state index in [1.807, 2.05) is 19.1 Å². The lowest BCUT2D eigenvalue weighted by molar-refractivity contribution is -0.157. The number of ether oxygens (including phenoxy) is 4. The summed E-state index contributed by atoms with van der Waals surface area (Å²) >= 11 is 0. The van der Waals surface area contributed by atoms with Gasteiger partial charge in [0.25, 0.3) is 0 Å². The van der Waals surface area contributed by atoms with Crippen LogP contribution in [0.2, 0.25) is 0 Å². The minimum atomic E-state index is -1.22. The van der Waals surface area contributed by atoms with Crippen LogP contribution in [-0.4, -0.2) is 44.9 Å². The molecule has 8 heteroatoms. The zero-order valence-corrected chi connectivity index (χ0v) is 17.4. The zero-order valence-electron chi connectivity index (χ0n) is 17.4. The Labute approximate surface area is 169 Å². The van der Waals surface area contributed by atoms with Crippen LogP contribution in [0.15, 0.2) is 34.5 Å². The molecule has 1 aliphatic rings. The van der Waals surface area contributed by atoms with Gasteiger partial charge in [0.05, 0.1) is 26.9 Å². The number of carbonyl (C=O) groups excluding carboxylic acids is 3. The van der Waals surface area contributed by atoms with Gasteiger partial charge in [-0.3, -0.25) is 14.6 Å². The van der Waals surface area contributed by atoms with Gasteiger partial charge in [0, 0.05) is 17.0 Å². The third-order valence-electron chi connectivity index (χ3n) is 4.75. The van der Waals surface area contributed by atoms with Gasteiger partial charge in [-0.15, -0.1) is 0 Å². The highest BCUT2D eigenvalue weighted by Crippen LogP contribution is 2.34. The molecule has 0 spiro atoms. The maximum absolute atomic E-state index is 13.0. The molecule has 1 heterocycles. The highest BCUT2D eigenvalue weighted by molar-refractivity contribution is 6.10. The van der Waals surface area contributed by atoms with Gasteiger partial charge in [-0.05, 0) is 32.9 Å². The van der Waals surface area contributed by atoms with Gasteiger partial charge in [-0.2, -0.15) is 0 Å². The number of carbonyl (C=O) groups is 3. The van der Waals surface area contributed by atoms with Crippen molar-refractivity contribution in [3.8, 4) is 5.75 Å².